The van der Waals surface area contributed by atoms with Crippen molar-refractivity contribution in [3.8, 4) is 0 Å². The average Bonchev–Trinajstić information content (AvgIpc) is 2.78. The first-order valence-electron chi connectivity index (χ1n) is 9.43. The van der Waals surface area contributed by atoms with E-state index in [1.165, 1.54) is 38.4 Å². The summed E-state index contributed by atoms with van der Waals surface area (Å²) in [6.45, 7) is 0.798. The molecule has 1 amide bonds. The summed E-state index contributed by atoms with van der Waals surface area (Å²) in [5.74, 6) is 1.51. The fourth-order valence-corrected chi connectivity index (χ4v) is 3.42. The first-order chi connectivity index (χ1) is 14.9. The van der Waals surface area contributed by atoms with Gasteiger partial charge in [0.05, 0.1) is 4.90 Å². The third-order valence-electron chi connectivity index (χ3n) is 4.20. The second kappa shape index (κ2) is 9.96. The fourth-order valence-electron chi connectivity index (χ4n) is 2.52. The van der Waals surface area contributed by atoms with Crippen LogP contribution in [-0.4, -0.2) is 61.0 Å². The summed E-state index contributed by atoms with van der Waals surface area (Å²) in [5.41, 5.74) is 0.377. The van der Waals surface area contributed by atoms with Gasteiger partial charge in [0, 0.05) is 38.9 Å². The maximum Gasteiger partial charge on any atom is 0.251 e. The van der Waals surface area contributed by atoms with Crippen molar-refractivity contribution in [1.29, 1.82) is 0 Å². The van der Waals surface area contributed by atoms with Crippen LogP contribution in [-0.2, 0) is 10.0 Å². The smallest absolute Gasteiger partial charge is 0.251 e. The minimum Gasteiger partial charge on any atom is -0.367 e. The zero-order valence-electron chi connectivity index (χ0n) is 17.1. The summed E-state index contributed by atoms with van der Waals surface area (Å²) in [7, 11) is -0.609. The van der Waals surface area contributed by atoms with E-state index in [1.807, 2.05) is 18.2 Å². The van der Waals surface area contributed by atoms with Gasteiger partial charge in [-0.1, -0.05) is 6.07 Å². The van der Waals surface area contributed by atoms with Gasteiger partial charge in [0.25, 0.3) is 5.91 Å². The van der Waals surface area contributed by atoms with Crippen LogP contribution in [0.4, 0.5) is 17.5 Å². The van der Waals surface area contributed by atoms with Crippen LogP contribution in [0.5, 0.6) is 0 Å². The van der Waals surface area contributed by atoms with Crippen LogP contribution in [0.25, 0.3) is 0 Å². The van der Waals surface area contributed by atoms with E-state index in [0.717, 1.165) is 4.31 Å². The van der Waals surface area contributed by atoms with E-state index in [4.69, 9.17) is 0 Å². The van der Waals surface area contributed by atoms with Crippen LogP contribution in [0.3, 0.4) is 0 Å². The van der Waals surface area contributed by atoms with E-state index < -0.39 is 10.0 Å². The SMILES string of the molecule is CN(C)S(=O)(=O)c1ccc(C(=O)NCCNc2ccc(Nc3ccccn3)nn2)cc1. The first-order valence-corrected chi connectivity index (χ1v) is 10.9. The van der Waals surface area contributed by atoms with Crippen molar-refractivity contribution in [1.82, 2.24) is 24.8 Å². The number of sulfonamides is 1. The maximum absolute atomic E-state index is 12.2. The van der Waals surface area contributed by atoms with Crippen LogP contribution >= 0.6 is 0 Å². The Labute approximate surface area is 180 Å². The van der Waals surface area contributed by atoms with Crippen molar-refractivity contribution in [3.05, 3.63) is 66.4 Å². The maximum atomic E-state index is 12.2. The zero-order valence-corrected chi connectivity index (χ0v) is 17.9. The van der Waals surface area contributed by atoms with Gasteiger partial charge in [-0.15, -0.1) is 10.2 Å². The van der Waals surface area contributed by atoms with Crippen LogP contribution in [0.1, 0.15) is 10.4 Å². The molecule has 1 aromatic carbocycles. The molecule has 3 N–H and O–H groups in total. The molecule has 0 radical (unpaired) electrons. The number of hydrogen-bond acceptors (Lipinski definition) is 8. The number of carbonyl (C=O) groups is 1. The third-order valence-corrected chi connectivity index (χ3v) is 6.03. The lowest BCUT2D eigenvalue weighted by atomic mass is 10.2. The Bertz CT molecular complexity index is 1100. The molecular formula is C20H23N7O3S. The molecule has 0 spiro atoms. The Hall–Kier alpha value is -3.57. The Kier molecular flexibility index (Phi) is 7.11. The first kappa shape index (κ1) is 22.1. The fraction of sp³-hybridized carbons (Fsp3) is 0.200. The third kappa shape index (κ3) is 5.96. The lowest BCUT2D eigenvalue weighted by Crippen LogP contribution is -2.29. The Morgan fingerprint density at radius 3 is 2.23 bits per heavy atom. The molecule has 0 atom stereocenters. The number of amides is 1. The predicted molar refractivity (Wildman–Crippen MR) is 118 cm³/mol. The quantitative estimate of drug-likeness (QED) is 0.428. The van der Waals surface area contributed by atoms with Crippen molar-refractivity contribution in [2.24, 2.45) is 0 Å². The van der Waals surface area contributed by atoms with Crippen molar-refractivity contribution >= 4 is 33.4 Å². The van der Waals surface area contributed by atoms with Gasteiger partial charge < -0.3 is 16.0 Å². The average molecular weight is 442 g/mol. The molecule has 0 bridgehead atoms. The predicted octanol–water partition coefficient (Wildman–Crippen LogP) is 1.71. The Morgan fingerprint density at radius 2 is 1.61 bits per heavy atom. The monoisotopic (exact) mass is 441 g/mol. The molecule has 0 fully saturated rings. The van der Waals surface area contributed by atoms with Crippen LogP contribution in [0, 0.1) is 0 Å². The molecule has 0 unspecified atom stereocenters. The molecule has 11 heteroatoms. The van der Waals surface area contributed by atoms with Gasteiger partial charge in [0.15, 0.2) is 5.82 Å². The normalized spacial score (nSPS) is 11.2. The Morgan fingerprint density at radius 1 is 0.903 bits per heavy atom. The van der Waals surface area contributed by atoms with E-state index in [2.05, 4.69) is 31.1 Å². The van der Waals surface area contributed by atoms with Gasteiger partial charge in [0.2, 0.25) is 10.0 Å². The molecule has 0 aliphatic carbocycles. The van der Waals surface area contributed by atoms with Crippen LogP contribution < -0.4 is 16.0 Å². The van der Waals surface area contributed by atoms with E-state index in [0.29, 0.717) is 36.1 Å². The lowest BCUT2D eigenvalue weighted by Gasteiger charge is -2.12. The molecule has 3 rings (SSSR count). The van der Waals surface area contributed by atoms with E-state index in [1.54, 1.807) is 18.3 Å². The van der Waals surface area contributed by atoms with Gasteiger partial charge in [-0.25, -0.2) is 17.7 Å². The van der Waals surface area contributed by atoms with Gasteiger partial charge in [-0.05, 0) is 48.5 Å². The van der Waals surface area contributed by atoms with Crippen LogP contribution in [0.15, 0.2) is 65.7 Å². The number of nitrogens with zero attached hydrogens (tertiary/aromatic N) is 4. The van der Waals surface area contributed by atoms with E-state index in [9.17, 15) is 13.2 Å². The second-order valence-corrected chi connectivity index (χ2v) is 8.79. The molecular weight excluding hydrogens is 418 g/mol. The lowest BCUT2D eigenvalue weighted by molar-refractivity contribution is 0.0955. The number of aromatic nitrogens is 3. The Balaban J connectivity index is 1.44. The topological polar surface area (TPSA) is 129 Å². The number of pyridine rings is 1. The molecule has 3 aromatic rings. The van der Waals surface area contributed by atoms with Gasteiger partial charge in [0.1, 0.15) is 11.6 Å². The van der Waals surface area contributed by atoms with Crippen LogP contribution in [0.2, 0.25) is 0 Å². The molecule has 162 valence electrons. The summed E-state index contributed by atoms with van der Waals surface area (Å²) in [4.78, 5) is 16.5. The number of hydrogen-bond donors (Lipinski definition) is 3. The molecule has 0 saturated heterocycles. The van der Waals surface area contributed by atoms with Crippen molar-refractivity contribution in [3.63, 3.8) is 0 Å². The molecule has 2 heterocycles. The van der Waals surface area contributed by atoms with Gasteiger partial charge in [-0.2, -0.15) is 0 Å². The number of rotatable bonds is 9. The second-order valence-electron chi connectivity index (χ2n) is 6.64. The zero-order chi connectivity index (χ0) is 22.3. The van der Waals surface area contributed by atoms with E-state index >= 15 is 0 Å². The molecule has 31 heavy (non-hydrogen) atoms. The van der Waals surface area contributed by atoms with Crippen molar-refractivity contribution in [2.45, 2.75) is 4.90 Å². The molecule has 2 aromatic heterocycles. The molecule has 0 saturated carbocycles. The number of carbonyl (C=O) groups excluding carboxylic acids is 1. The highest BCUT2D eigenvalue weighted by Crippen LogP contribution is 2.14. The minimum absolute atomic E-state index is 0.135. The summed E-state index contributed by atoms with van der Waals surface area (Å²) >= 11 is 0. The molecule has 10 nitrogen and oxygen atoms in total. The highest BCUT2D eigenvalue weighted by molar-refractivity contribution is 7.89. The number of anilines is 3. The molecule has 0 aliphatic rings. The largest absolute Gasteiger partial charge is 0.367 e. The molecule has 0 aliphatic heterocycles. The van der Waals surface area contributed by atoms with Crippen molar-refractivity contribution < 1.29 is 13.2 Å². The summed E-state index contributed by atoms with van der Waals surface area (Å²) < 4.78 is 25.3. The van der Waals surface area contributed by atoms with Gasteiger partial charge >= 0.3 is 0 Å². The minimum atomic E-state index is -3.52. The number of benzene rings is 1. The van der Waals surface area contributed by atoms with Crippen molar-refractivity contribution in [2.75, 3.05) is 37.8 Å². The standard InChI is InChI=1S/C20H23N7O3S/c1-27(2)31(29,30)16-8-6-15(7-9-16)20(28)23-14-13-22-18-10-11-19(26-25-18)24-17-5-3-4-12-21-17/h3-12H,13-14H2,1-2H3,(H,22,25)(H,23,28)(H,21,24,26). The van der Waals surface area contributed by atoms with Gasteiger partial charge in [-0.3, -0.25) is 4.79 Å². The number of nitrogens with one attached hydrogen (secondary N) is 3. The van der Waals surface area contributed by atoms with E-state index in [-0.39, 0.29) is 10.8 Å². The summed E-state index contributed by atoms with van der Waals surface area (Å²) in [6.07, 6.45) is 1.68. The summed E-state index contributed by atoms with van der Waals surface area (Å²) in [5, 5.41) is 17.0. The summed E-state index contributed by atoms with van der Waals surface area (Å²) in [6, 6.07) is 14.9. The highest BCUT2D eigenvalue weighted by Gasteiger charge is 2.17. The highest BCUT2D eigenvalue weighted by atomic mass is 32.2.